The van der Waals surface area contributed by atoms with E-state index in [9.17, 15) is 0 Å². The Balaban J connectivity index is 0.00000259. The van der Waals surface area contributed by atoms with Gasteiger partial charge in [0.1, 0.15) is 0 Å². The number of allylic oxidation sites excluding steroid dienone is 2. The van der Waals surface area contributed by atoms with Crippen LogP contribution < -0.4 is 0 Å². The molecule has 172 valence electrons. The molecule has 0 aliphatic carbocycles. The van der Waals surface area contributed by atoms with Gasteiger partial charge in [-0.2, -0.15) is 0 Å². The van der Waals surface area contributed by atoms with Crippen molar-refractivity contribution in [3.63, 3.8) is 0 Å². The fourth-order valence-electron chi connectivity index (χ4n) is 4.93. The molecule has 2 aliphatic heterocycles. The molecule has 8 bridgehead atoms. The molecule has 2 N–H and O–H groups in total. The fourth-order valence-corrected chi connectivity index (χ4v) is 4.93. The first kappa shape index (κ1) is 23.4. The first-order valence-corrected chi connectivity index (χ1v) is 11.8. The Labute approximate surface area is 209 Å². The molecule has 0 amide bonds. The Kier molecular flexibility index (Phi) is 6.85. The zero-order valence-corrected chi connectivity index (χ0v) is 21.9. The van der Waals surface area contributed by atoms with Crippen LogP contribution in [0.4, 0.5) is 0 Å². The van der Waals surface area contributed by atoms with Gasteiger partial charge in [-0.1, -0.05) is 27.7 Å². The summed E-state index contributed by atoms with van der Waals surface area (Å²) < 4.78 is 0. The third-order valence-corrected chi connectivity index (χ3v) is 6.45. The second kappa shape index (κ2) is 9.65. The molecule has 0 saturated carbocycles. The van der Waals surface area contributed by atoms with Crippen molar-refractivity contribution in [1.82, 2.24) is 19.9 Å². The molecule has 5 heteroatoms. The molecule has 33 heavy (non-hydrogen) atoms. The number of H-pyrrole nitrogens is 2. The maximum atomic E-state index is 5.21. The van der Waals surface area contributed by atoms with E-state index in [2.05, 4.69) is 86.2 Å². The molecule has 3 aromatic heterocycles. The third-order valence-electron chi connectivity index (χ3n) is 6.45. The predicted octanol–water partition coefficient (Wildman–Crippen LogP) is 7.34. The van der Waals surface area contributed by atoms with E-state index in [1.54, 1.807) is 0 Å². The van der Waals surface area contributed by atoms with Crippen molar-refractivity contribution in [2.24, 2.45) is 0 Å². The van der Waals surface area contributed by atoms with Gasteiger partial charge in [0, 0.05) is 48.7 Å². The van der Waals surface area contributed by atoms with Crippen LogP contribution in [0.15, 0.2) is 36.4 Å². The molecule has 5 heterocycles. The van der Waals surface area contributed by atoms with E-state index in [0.717, 1.165) is 65.0 Å². The second-order valence-corrected chi connectivity index (χ2v) is 8.42. The average Bonchev–Trinajstić information content (AvgIpc) is 3.56. The number of hydrogen-bond donors (Lipinski definition) is 2. The van der Waals surface area contributed by atoms with Crippen molar-refractivity contribution in [1.29, 1.82) is 0 Å². The van der Waals surface area contributed by atoms with E-state index in [-0.39, 0.29) is 21.1 Å². The van der Waals surface area contributed by atoms with Crippen LogP contribution in [0.5, 0.6) is 0 Å². The first-order valence-electron chi connectivity index (χ1n) is 11.8. The summed E-state index contributed by atoms with van der Waals surface area (Å²) in [6.07, 6.45) is 8.00. The van der Waals surface area contributed by atoms with Crippen LogP contribution in [0.3, 0.4) is 0 Å². The van der Waals surface area contributed by atoms with E-state index in [4.69, 9.17) is 9.97 Å². The monoisotopic (exact) mass is 617 g/mol. The summed E-state index contributed by atoms with van der Waals surface area (Å²) >= 11 is 0. The summed E-state index contributed by atoms with van der Waals surface area (Å²) in [6.45, 7) is 8.93. The van der Waals surface area contributed by atoms with Gasteiger partial charge in [0.25, 0.3) is 0 Å². The van der Waals surface area contributed by atoms with Crippen molar-refractivity contribution >= 4 is 45.4 Å². The van der Waals surface area contributed by atoms with Gasteiger partial charge in [-0.05, 0) is 90.9 Å². The van der Waals surface area contributed by atoms with Gasteiger partial charge in [0.05, 0.1) is 22.8 Å². The summed E-state index contributed by atoms with van der Waals surface area (Å²) in [5.74, 6) is 0. The van der Waals surface area contributed by atoms with Gasteiger partial charge in [-0.15, -0.1) is 0 Å². The van der Waals surface area contributed by atoms with Crippen molar-refractivity contribution in [2.45, 2.75) is 53.4 Å². The van der Waals surface area contributed by atoms with Crippen LogP contribution in [0.25, 0.3) is 45.4 Å². The first-order chi connectivity index (χ1) is 15.6. The molecule has 0 atom stereocenters. The predicted molar refractivity (Wildman–Crippen MR) is 136 cm³/mol. The molecule has 5 rings (SSSR count). The zero-order chi connectivity index (χ0) is 22.2. The van der Waals surface area contributed by atoms with Crippen LogP contribution in [0.1, 0.15) is 74.4 Å². The number of aromatic nitrogens is 4. The largest absolute Gasteiger partial charge is 0.355 e. The van der Waals surface area contributed by atoms with Crippen molar-refractivity contribution in [2.75, 3.05) is 0 Å². The zero-order valence-electron chi connectivity index (χ0n) is 19.7. The van der Waals surface area contributed by atoms with Crippen molar-refractivity contribution in [3.05, 3.63) is 70.3 Å². The van der Waals surface area contributed by atoms with Gasteiger partial charge in [-0.3, -0.25) is 0 Å². The molecule has 0 saturated heterocycles. The number of aromatic amines is 2. The Morgan fingerprint density at radius 3 is 2.03 bits per heavy atom. The molecule has 0 radical (unpaired) electrons. The number of nitrogens with one attached hydrogen (secondary N) is 2. The number of nitrogens with zero attached hydrogens (tertiary/aromatic N) is 2. The maximum Gasteiger partial charge on any atom is 0.0725 e. The molecule has 3 aromatic rings. The Bertz CT molecular complexity index is 1420. The Morgan fingerprint density at radius 2 is 1.36 bits per heavy atom. The SMILES string of the molecule is CCC1=C(CC)c2nc1cc1nc(cc3ccc(cc4cc(CC)c([nH]4)c2CC)[nH]3)C=C1.[Pt]. The molecule has 4 nitrogen and oxygen atoms in total. The second-order valence-electron chi connectivity index (χ2n) is 8.42. The van der Waals surface area contributed by atoms with Crippen LogP contribution in [0, 0.1) is 0 Å². The quantitative estimate of drug-likeness (QED) is 0.252. The number of fused-ring (bicyclic) bond motifs is 8. The molecular weight excluding hydrogens is 587 g/mol. The van der Waals surface area contributed by atoms with E-state index in [1.807, 2.05) is 0 Å². The van der Waals surface area contributed by atoms with Crippen molar-refractivity contribution < 1.29 is 21.1 Å². The molecular formula is C28H30N4Pt. The summed E-state index contributed by atoms with van der Waals surface area (Å²) in [5, 5.41) is 0. The maximum absolute atomic E-state index is 5.21. The molecule has 0 unspecified atom stereocenters. The minimum Gasteiger partial charge on any atom is -0.355 e. The van der Waals surface area contributed by atoms with Crippen LogP contribution in [-0.4, -0.2) is 19.9 Å². The van der Waals surface area contributed by atoms with Gasteiger partial charge < -0.3 is 9.97 Å². The van der Waals surface area contributed by atoms with E-state index in [1.165, 1.54) is 27.8 Å². The topological polar surface area (TPSA) is 57.4 Å². The van der Waals surface area contributed by atoms with E-state index < -0.39 is 0 Å². The standard InChI is InChI=1S/C28H30N4.Pt/c1-5-17-13-22-15-20-10-9-18(29-20)14-19-11-12-21(30-19)16-26-23(6-2)24(7-3)28(32-26)25(8-4)27(17)31-22;/h9-16,29,31H,5-8H2,1-4H3;. The molecule has 2 aliphatic rings. The third kappa shape index (κ3) is 4.29. The fraction of sp³-hybridized carbons (Fsp3) is 0.286. The van der Waals surface area contributed by atoms with Gasteiger partial charge in [0.2, 0.25) is 0 Å². The number of aryl methyl sites for hydroxylation is 2. The molecule has 0 spiro atoms. The summed E-state index contributed by atoms with van der Waals surface area (Å²) in [4.78, 5) is 17.2. The minimum atomic E-state index is 0. The number of rotatable bonds is 4. The number of hydrogen-bond acceptors (Lipinski definition) is 2. The van der Waals surface area contributed by atoms with E-state index in [0.29, 0.717) is 0 Å². The van der Waals surface area contributed by atoms with Crippen molar-refractivity contribution in [3.8, 4) is 0 Å². The average molecular weight is 618 g/mol. The molecule has 0 aromatic carbocycles. The summed E-state index contributed by atoms with van der Waals surface area (Å²) in [6, 6.07) is 12.9. The van der Waals surface area contributed by atoms with Gasteiger partial charge in [0.15, 0.2) is 0 Å². The minimum absolute atomic E-state index is 0. The van der Waals surface area contributed by atoms with E-state index >= 15 is 0 Å². The van der Waals surface area contributed by atoms with Gasteiger partial charge in [-0.25, -0.2) is 9.97 Å². The Hall–Kier alpha value is -2.71. The summed E-state index contributed by atoms with van der Waals surface area (Å²) in [7, 11) is 0. The summed E-state index contributed by atoms with van der Waals surface area (Å²) in [5.41, 5.74) is 13.9. The van der Waals surface area contributed by atoms with Crippen LogP contribution in [-0.2, 0) is 33.9 Å². The smallest absolute Gasteiger partial charge is 0.0725 e. The molecule has 0 fully saturated rings. The Morgan fingerprint density at radius 1 is 0.667 bits per heavy atom. The van der Waals surface area contributed by atoms with Crippen LogP contribution in [0.2, 0.25) is 0 Å². The normalized spacial score (nSPS) is 12.8. The van der Waals surface area contributed by atoms with Gasteiger partial charge >= 0.3 is 0 Å². The van der Waals surface area contributed by atoms with Crippen LogP contribution >= 0.6 is 0 Å².